The molecule has 0 atom stereocenters. The minimum Gasteiger partial charge on any atom is -0.237 e. The average Bonchev–Trinajstić information content (AvgIpc) is 2.30. The summed E-state index contributed by atoms with van der Waals surface area (Å²) in [6, 6.07) is 9.09. The molecule has 79 valence electrons. The van der Waals surface area contributed by atoms with Crippen molar-refractivity contribution in [1.82, 2.24) is 9.97 Å². The normalized spacial score (nSPS) is 11.5. The smallest absolute Gasteiger partial charge is 0.159 e. The quantitative estimate of drug-likeness (QED) is 0.765. The van der Waals surface area contributed by atoms with Gasteiger partial charge in [0.05, 0.1) is 0 Å². The van der Waals surface area contributed by atoms with Crippen molar-refractivity contribution < 1.29 is 4.39 Å². The summed E-state index contributed by atoms with van der Waals surface area (Å²) in [4.78, 5) is 8.26. The van der Waals surface area contributed by atoms with Crippen molar-refractivity contribution in [3.8, 4) is 11.4 Å². The Kier molecular flexibility index (Phi) is 3.05. The van der Waals surface area contributed by atoms with Gasteiger partial charge in [-0.05, 0) is 23.8 Å². The third kappa shape index (κ3) is 2.51. The highest BCUT2D eigenvalue weighted by Crippen LogP contribution is 2.17. The largest absolute Gasteiger partial charge is 0.237 e. The Labute approximate surface area is 93.5 Å². The maximum atomic E-state index is 12.6. The molecule has 0 N–H and O–H groups in total. The van der Waals surface area contributed by atoms with Gasteiger partial charge in [0.2, 0.25) is 0 Å². The molecule has 0 saturated heterocycles. The number of allylic oxidation sites excluding steroid dienone is 1. The van der Waals surface area contributed by atoms with Gasteiger partial charge in [-0.25, -0.2) is 14.4 Å². The van der Waals surface area contributed by atoms with Crippen molar-refractivity contribution in [3.05, 3.63) is 61.0 Å². The third-order valence-electron chi connectivity index (χ3n) is 2.03. The van der Waals surface area contributed by atoms with Gasteiger partial charge in [-0.2, -0.15) is 0 Å². The first kappa shape index (κ1) is 10.5. The standard InChI is InChI=1S/C13H10FN2/c1-10(14)8-11-4-2-5-12(9-11)13-15-6-3-7-16-13/h2-9H,1H2/b10-8+. The molecule has 0 aliphatic rings. The average molecular weight is 213 g/mol. The molecular formula is C13H10FN2. The fourth-order valence-corrected chi connectivity index (χ4v) is 1.40. The van der Waals surface area contributed by atoms with E-state index >= 15 is 0 Å². The van der Waals surface area contributed by atoms with Gasteiger partial charge in [0, 0.05) is 24.9 Å². The molecule has 0 fully saturated rings. The highest BCUT2D eigenvalue weighted by Gasteiger charge is 1.99. The van der Waals surface area contributed by atoms with E-state index in [9.17, 15) is 4.39 Å². The summed E-state index contributed by atoms with van der Waals surface area (Å²) in [6.45, 7) is 3.20. The van der Waals surface area contributed by atoms with E-state index in [2.05, 4.69) is 16.9 Å². The van der Waals surface area contributed by atoms with Crippen LogP contribution in [0.1, 0.15) is 5.56 Å². The second-order valence-electron chi connectivity index (χ2n) is 3.29. The number of rotatable bonds is 2. The van der Waals surface area contributed by atoms with Crippen LogP contribution in [0.4, 0.5) is 4.39 Å². The van der Waals surface area contributed by atoms with E-state index in [-0.39, 0.29) is 0 Å². The number of aromatic nitrogens is 2. The topological polar surface area (TPSA) is 25.8 Å². The summed E-state index contributed by atoms with van der Waals surface area (Å²) in [5, 5.41) is 0. The van der Waals surface area contributed by atoms with E-state index in [1.807, 2.05) is 18.2 Å². The van der Waals surface area contributed by atoms with Gasteiger partial charge in [0.1, 0.15) is 5.83 Å². The summed E-state index contributed by atoms with van der Waals surface area (Å²) < 4.78 is 12.6. The molecule has 1 heterocycles. The predicted octanol–water partition coefficient (Wildman–Crippen LogP) is 3.29. The monoisotopic (exact) mass is 213 g/mol. The molecule has 2 nitrogen and oxygen atoms in total. The second kappa shape index (κ2) is 4.66. The van der Waals surface area contributed by atoms with Gasteiger partial charge >= 0.3 is 0 Å². The van der Waals surface area contributed by atoms with Crippen molar-refractivity contribution in [1.29, 1.82) is 0 Å². The zero-order valence-corrected chi connectivity index (χ0v) is 8.60. The SMILES string of the molecule is [CH2]/C(F)=C\c1cccc(-c2ncccn2)c1. The Hall–Kier alpha value is -2.03. The lowest BCUT2D eigenvalue weighted by Gasteiger charge is -2.00. The number of nitrogens with zero attached hydrogens (tertiary/aromatic N) is 2. The van der Waals surface area contributed by atoms with Crippen molar-refractivity contribution in [2.45, 2.75) is 0 Å². The lowest BCUT2D eigenvalue weighted by Crippen LogP contribution is -1.86. The summed E-state index contributed by atoms with van der Waals surface area (Å²) in [7, 11) is 0. The molecular weight excluding hydrogens is 203 g/mol. The van der Waals surface area contributed by atoms with E-state index in [1.165, 1.54) is 6.08 Å². The maximum absolute atomic E-state index is 12.6. The molecule has 0 amide bonds. The Balaban J connectivity index is 2.41. The zero-order valence-electron chi connectivity index (χ0n) is 8.60. The molecule has 0 spiro atoms. The first-order valence-corrected chi connectivity index (χ1v) is 4.82. The van der Waals surface area contributed by atoms with Crippen LogP contribution in [-0.2, 0) is 0 Å². The molecule has 0 unspecified atom stereocenters. The Morgan fingerprint density at radius 2 is 1.94 bits per heavy atom. The van der Waals surface area contributed by atoms with Crippen LogP contribution in [0, 0.1) is 6.92 Å². The van der Waals surface area contributed by atoms with Crippen molar-refractivity contribution in [2.24, 2.45) is 0 Å². The number of hydrogen-bond donors (Lipinski definition) is 0. The van der Waals surface area contributed by atoms with Crippen LogP contribution in [0.15, 0.2) is 48.6 Å². The molecule has 1 aromatic carbocycles. The van der Waals surface area contributed by atoms with Gasteiger partial charge in [0.15, 0.2) is 5.82 Å². The van der Waals surface area contributed by atoms with E-state index in [0.29, 0.717) is 5.82 Å². The van der Waals surface area contributed by atoms with Crippen LogP contribution in [-0.4, -0.2) is 9.97 Å². The number of halogens is 1. The first-order valence-electron chi connectivity index (χ1n) is 4.82. The maximum Gasteiger partial charge on any atom is 0.159 e. The van der Waals surface area contributed by atoms with Crippen molar-refractivity contribution in [3.63, 3.8) is 0 Å². The third-order valence-corrected chi connectivity index (χ3v) is 2.03. The summed E-state index contributed by atoms with van der Waals surface area (Å²) in [5.41, 5.74) is 1.60. The highest BCUT2D eigenvalue weighted by molar-refractivity contribution is 5.62. The lowest BCUT2D eigenvalue weighted by molar-refractivity contribution is 0.673. The van der Waals surface area contributed by atoms with E-state index in [4.69, 9.17) is 0 Å². The predicted molar refractivity (Wildman–Crippen MR) is 61.9 cm³/mol. The Morgan fingerprint density at radius 3 is 2.62 bits per heavy atom. The van der Waals surface area contributed by atoms with Crippen LogP contribution >= 0.6 is 0 Å². The number of benzene rings is 1. The zero-order chi connectivity index (χ0) is 11.4. The molecule has 0 saturated carbocycles. The summed E-state index contributed by atoms with van der Waals surface area (Å²) in [6.07, 6.45) is 4.71. The molecule has 2 aromatic rings. The van der Waals surface area contributed by atoms with E-state index < -0.39 is 5.83 Å². The van der Waals surface area contributed by atoms with Crippen LogP contribution in [0.5, 0.6) is 0 Å². The molecule has 3 heteroatoms. The van der Waals surface area contributed by atoms with Crippen LogP contribution in [0.3, 0.4) is 0 Å². The Morgan fingerprint density at radius 1 is 1.19 bits per heavy atom. The second-order valence-corrected chi connectivity index (χ2v) is 3.29. The van der Waals surface area contributed by atoms with Gasteiger partial charge < -0.3 is 0 Å². The van der Waals surface area contributed by atoms with E-state index in [0.717, 1.165) is 11.1 Å². The molecule has 2 rings (SSSR count). The van der Waals surface area contributed by atoms with Gasteiger partial charge in [-0.1, -0.05) is 18.2 Å². The molecule has 0 aliphatic heterocycles. The van der Waals surface area contributed by atoms with Gasteiger partial charge in [-0.3, -0.25) is 0 Å². The summed E-state index contributed by atoms with van der Waals surface area (Å²) >= 11 is 0. The molecule has 16 heavy (non-hydrogen) atoms. The first-order chi connectivity index (χ1) is 7.75. The van der Waals surface area contributed by atoms with Crippen LogP contribution in [0.25, 0.3) is 17.5 Å². The Bertz CT molecular complexity index is 502. The molecule has 0 aliphatic carbocycles. The number of hydrogen-bond acceptors (Lipinski definition) is 2. The van der Waals surface area contributed by atoms with Crippen molar-refractivity contribution in [2.75, 3.05) is 0 Å². The van der Waals surface area contributed by atoms with Crippen molar-refractivity contribution >= 4 is 6.08 Å². The molecule has 1 radical (unpaired) electrons. The molecule has 1 aromatic heterocycles. The fourth-order valence-electron chi connectivity index (χ4n) is 1.40. The lowest BCUT2D eigenvalue weighted by atomic mass is 10.1. The van der Waals surface area contributed by atoms with Crippen LogP contribution in [0.2, 0.25) is 0 Å². The minimum absolute atomic E-state index is 0.467. The van der Waals surface area contributed by atoms with Gasteiger partial charge in [-0.15, -0.1) is 0 Å². The summed E-state index contributed by atoms with van der Waals surface area (Å²) in [5.74, 6) is 0.161. The van der Waals surface area contributed by atoms with Gasteiger partial charge in [0.25, 0.3) is 0 Å². The van der Waals surface area contributed by atoms with E-state index in [1.54, 1.807) is 24.5 Å². The fraction of sp³-hybridized carbons (Fsp3) is 0. The minimum atomic E-state index is -0.467. The highest BCUT2D eigenvalue weighted by atomic mass is 19.1. The van der Waals surface area contributed by atoms with Crippen LogP contribution < -0.4 is 0 Å². The molecule has 0 bridgehead atoms.